The second-order valence-electron chi connectivity index (χ2n) is 10.2. The largest absolute Gasteiger partial charge is 0.497 e. The third kappa shape index (κ3) is 3.79. The molecule has 0 unspecified atom stereocenters. The van der Waals surface area contributed by atoms with Crippen molar-refractivity contribution in [3.8, 4) is 5.75 Å². The molecular weight excluding hydrogens is 452 g/mol. The number of fused-ring (bicyclic) bond motifs is 2. The first-order valence-corrected chi connectivity index (χ1v) is 15.0. The maximum atomic E-state index is 14.0. The lowest BCUT2D eigenvalue weighted by Gasteiger charge is -2.32. The zero-order valence-corrected chi connectivity index (χ0v) is 21.5. The summed E-state index contributed by atoms with van der Waals surface area (Å²) in [6, 6.07) is 5.32. The first kappa shape index (κ1) is 24.9. The van der Waals surface area contributed by atoms with Crippen LogP contribution in [0.2, 0.25) is 18.6 Å². The molecule has 0 aromatic heterocycles. The molecule has 2 amide bonds. The number of amides is 2. The molecule has 3 heterocycles. The van der Waals surface area contributed by atoms with Gasteiger partial charge < -0.3 is 29.2 Å². The van der Waals surface area contributed by atoms with Gasteiger partial charge >= 0.3 is 0 Å². The lowest BCUT2D eigenvalue weighted by Crippen LogP contribution is -2.46. The van der Waals surface area contributed by atoms with E-state index in [9.17, 15) is 19.5 Å². The lowest BCUT2D eigenvalue weighted by molar-refractivity contribution is -0.150. The Morgan fingerprint density at radius 1 is 1.41 bits per heavy atom. The molecule has 9 heteroatoms. The Labute approximate surface area is 202 Å². The molecule has 5 atom stereocenters. The summed E-state index contributed by atoms with van der Waals surface area (Å²) in [5, 5.41) is 9.68. The van der Waals surface area contributed by atoms with Crippen LogP contribution >= 0.6 is 0 Å². The number of ether oxygens (including phenoxy) is 2. The third-order valence-corrected chi connectivity index (χ3v) is 10.3. The van der Waals surface area contributed by atoms with Gasteiger partial charge in [0.1, 0.15) is 5.75 Å². The number of anilines is 1. The van der Waals surface area contributed by atoms with E-state index in [0.717, 1.165) is 18.5 Å². The SMILES string of the molecule is C=CCN1C(=O)[C@@]2(O[C@@H](CC(=O)N3CCC[C@H]3CO)[C@H]([Si](C)(C)O)[C@H]2C)c2cc(OC)ccc21. The van der Waals surface area contributed by atoms with Gasteiger partial charge in [0.15, 0.2) is 13.9 Å². The Kier molecular flexibility index (Phi) is 6.67. The number of nitrogens with zero attached hydrogens (tertiary/aromatic N) is 2. The number of hydrogen-bond acceptors (Lipinski definition) is 6. The van der Waals surface area contributed by atoms with Gasteiger partial charge in [-0.05, 0) is 44.1 Å². The van der Waals surface area contributed by atoms with Gasteiger partial charge in [0.05, 0.1) is 38.0 Å². The molecule has 8 nitrogen and oxygen atoms in total. The van der Waals surface area contributed by atoms with E-state index < -0.39 is 20.0 Å². The summed E-state index contributed by atoms with van der Waals surface area (Å²) in [5.74, 6) is -0.0389. The molecule has 34 heavy (non-hydrogen) atoms. The molecule has 1 spiro atoms. The monoisotopic (exact) mass is 488 g/mol. The Hall–Kier alpha value is -2.20. The second-order valence-corrected chi connectivity index (χ2v) is 14.2. The second kappa shape index (κ2) is 9.11. The summed E-state index contributed by atoms with van der Waals surface area (Å²) in [6.45, 7) is 10.3. The molecule has 2 N–H and O–H groups in total. The van der Waals surface area contributed by atoms with Gasteiger partial charge in [0, 0.05) is 30.1 Å². The fourth-order valence-corrected chi connectivity index (χ4v) is 8.89. The van der Waals surface area contributed by atoms with E-state index in [1.54, 1.807) is 23.0 Å². The first-order chi connectivity index (χ1) is 16.1. The molecule has 3 aliphatic rings. The fraction of sp³-hybridized carbons (Fsp3) is 0.600. The van der Waals surface area contributed by atoms with Crippen molar-refractivity contribution in [2.75, 3.05) is 31.7 Å². The molecule has 186 valence electrons. The van der Waals surface area contributed by atoms with E-state index in [0.29, 0.717) is 24.4 Å². The van der Waals surface area contributed by atoms with Gasteiger partial charge in [0.2, 0.25) is 5.91 Å². The number of aliphatic hydroxyl groups excluding tert-OH is 1. The number of carbonyl (C=O) groups excluding carboxylic acids is 2. The number of aliphatic hydroxyl groups is 1. The predicted molar refractivity (Wildman–Crippen MR) is 131 cm³/mol. The average molecular weight is 489 g/mol. The van der Waals surface area contributed by atoms with Crippen LogP contribution in [0.1, 0.15) is 31.7 Å². The van der Waals surface area contributed by atoms with E-state index in [2.05, 4.69) is 6.58 Å². The Morgan fingerprint density at radius 3 is 2.76 bits per heavy atom. The van der Waals surface area contributed by atoms with Crippen LogP contribution in [0, 0.1) is 5.92 Å². The number of hydrogen-bond donors (Lipinski definition) is 2. The fourth-order valence-electron chi connectivity index (χ4n) is 6.34. The van der Waals surface area contributed by atoms with Gasteiger partial charge in [-0.1, -0.05) is 13.0 Å². The minimum atomic E-state index is -2.86. The topological polar surface area (TPSA) is 99.5 Å². The highest BCUT2D eigenvalue weighted by Crippen LogP contribution is 2.60. The molecule has 0 bridgehead atoms. The Morgan fingerprint density at radius 2 is 2.15 bits per heavy atom. The number of carbonyl (C=O) groups is 2. The van der Waals surface area contributed by atoms with Crippen molar-refractivity contribution in [2.24, 2.45) is 5.92 Å². The highest BCUT2D eigenvalue weighted by atomic mass is 28.4. The van der Waals surface area contributed by atoms with Gasteiger partial charge in [-0.3, -0.25) is 9.59 Å². The molecule has 0 saturated carbocycles. The summed E-state index contributed by atoms with van der Waals surface area (Å²) in [5.41, 5.74) is -0.200. The van der Waals surface area contributed by atoms with Crippen LogP contribution in [0.25, 0.3) is 0 Å². The highest BCUT2D eigenvalue weighted by molar-refractivity contribution is 6.71. The van der Waals surface area contributed by atoms with E-state index in [1.807, 2.05) is 38.2 Å². The number of rotatable bonds is 7. The summed E-state index contributed by atoms with van der Waals surface area (Å²) >= 11 is 0. The average Bonchev–Trinajstić information content (AvgIpc) is 3.44. The molecule has 0 aliphatic carbocycles. The van der Waals surface area contributed by atoms with Crippen LogP contribution in [-0.2, 0) is 19.9 Å². The van der Waals surface area contributed by atoms with Gasteiger partial charge in [-0.15, -0.1) is 6.58 Å². The minimum Gasteiger partial charge on any atom is -0.497 e. The smallest absolute Gasteiger partial charge is 0.264 e. The van der Waals surface area contributed by atoms with Crippen LogP contribution < -0.4 is 9.64 Å². The number of likely N-dealkylation sites (tertiary alicyclic amines) is 1. The minimum absolute atomic E-state index is 0.0660. The highest BCUT2D eigenvalue weighted by Gasteiger charge is 2.66. The van der Waals surface area contributed by atoms with Crippen molar-refractivity contribution < 1.29 is 29.0 Å². The summed E-state index contributed by atoms with van der Waals surface area (Å²) in [6.07, 6.45) is 2.77. The van der Waals surface area contributed by atoms with Crippen molar-refractivity contribution in [1.82, 2.24) is 4.90 Å². The van der Waals surface area contributed by atoms with Gasteiger partial charge in [-0.2, -0.15) is 0 Å². The summed E-state index contributed by atoms with van der Waals surface area (Å²) < 4.78 is 12.1. The van der Waals surface area contributed by atoms with Crippen LogP contribution in [0.5, 0.6) is 5.75 Å². The lowest BCUT2D eigenvalue weighted by atomic mass is 9.82. The first-order valence-electron chi connectivity index (χ1n) is 12.0. The van der Waals surface area contributed by atoms with Crippen molar-refractivity contribution >= 4 is 25.8 Å². The predicted octanol–water partition coefficient (Wildman–Crippen LogP) is 2.40. The van der Waals surface area contributed by atoms with Crippen molar-refractivity contribution in [3.05, 3.63) is 36.4 Å². The van der Waals surface area contributed by atoms with Crippen molar-refractivity contribution in [3.63, 3.8) is 0 Å². The zero-order chi connectivity index (χ0) is 24.8. The van der Waals surface area contributed by atoms with Gasteiger partial charge in [0.25, 0.3) is 5.91 Å². The molecular formula is C25H36N2O6Si. The molecule has 1 aromatic rings. The maximum absolute atomic E-state index is 14.0. The van der Waals surface area contributed by atoms with E-state index in [4.69, 9.17) is 9.47 Å². The van der Waals surface area contributed by atoms with Crippen molar-refractivity contribution in [2.45, 2.75) is 62.6 Å². The van der Waals surface area contributed by atoms with Gasteiger partial charge in [-0.25, -0.2) is 0 Å². The number of methoxy groups -OCH3 is 1. The Balaban J connectivity index is 1.76. The maximum Gasteiger partial charge on any atom is 0.264 e. The standard InChI is InChI=1S/C25H36N2O6Si/c1-6-11-27-20-10-9-18(32-3)13-19(20)25(24(27)30)16(2)23(34(4,5)31)21(33-25)14-22(29)26-12-7-8-17(26)15-28/h6,9-10,13,16-17,21,23,28,31H,1,7-8,11-12,14-15H2,2-5H3/t16-,17+,21+,23-,25+/m1/s1. The van der Waals surface area contributed by atoms with E-state index >= 15 is 0 Å². The molecule has 0 radical (unpaired) electrons. The van der Waals surface area contributed by atoms with Crippen LogP contribution in [0.3, 0.4) is 0 Å². The van der Waals surface area contributed by atoms with Crippen molar-refractivity contribution in [1.29, 1.82) is 0 Å². The quantitative estimate of drug-likeness (QED) is 0.452. The normalized spacial score (nSPS) is 30.8. The third-order valence-electron chi connectivity index (χ3n) is 7.79. The Bertz CT molecular complexity index is 979. The van der Waals surface area contributed by atoms with Crippen LogP contribution in [0.15, 0.2) is 30.9 Å². The molecule has 2 saturated heterocycles. The van der Waals surface area contributed by atoms with E-state index in [1.165, 1.54) is 0 Å². The zero-order valence-electron chi connectivity index (χ0n) is 20.5. The summed E-state index contributed by atoms with van der Waals surface area (Å²) in [7, 11) is -1.28. The van der Waals surface area contributed by atoms with Crippen LogP contribution in [-0.4, -0.2) is 73.9 Å². The summed E-state index contributed by atoms with van der Waals surface area (Å²) in [4.78, 5) is 41.9. The molecule has 3 aliphatic heterocycles. The molecule has 4 rings (SSSR count). The molecule has 2 fully saturated rings. The number of benzene rings is 1. The van der Waals surface area contributed by atoms with E-state index in [-0.39, 0.29) is 42.3 Å². The molecule has 1 aromatic carbocycles. The van der Waals surface area contributed by atoms with Crippen LogP contribution in [0.4, 0.5) is 5.69 Å².